The minimum Gasteiger partial charge on any atom is -0.435 e. The molecule has 4 heteroatoms. The van der Waals surface area contributed by atoms with Crippen molar-refractivity contribution in [2.24, 2.45) is 5.92 Å². The number of hydrogen-bond acceptors (Lipinski definition) is 4. The fourth-order valence-corrected chi connectivity index (χ4v) is 3.17. The van der Waals surface area contributed by atoms with Crippen LogP contribution in [-0.2, 0) is 14.3 Å². The Morgan fingerprint density at radius 1 is 1.35 bits per heavy atom. The third-order valence-corrected chi connectivity index (χ3v) is 4.70. The number of hydrogen-bond donors (Lipinski definition) is 0. The largest absolute Gasteiger partial charge is 0.435 e. The van der Waals surface area contributed by atoms with Crippen LogP contribution in [0.15, 0.2) is 12.7 Å². The van der Waals surface area contributed by atoms with Crippen molar-refractivity contribution in [1.29, 1.82) is 0 Å². The summed E-state index contributed by atoms with van der Waals surface area (Å²) in [6.07, 6.45) is 3.36. The van der Waals surface area contributed by atoms with Gasteiger partial charge in [-0.1, -0.05) is 6.58 Å². The van der Waals surface area contributed by atoms with Crippen LogP contribution < -0.4 is 0 Å². The molecule has 1 heterocycles. The van der Waals surface area contributed by atoms with E-state index < -0.39 is 5.97 Å². The average molecular weight is 283 g/mol. The number of carbonyl (C=O) groups is 1. The molecule has 1 rings (SSSR count). The van der Waals surface area contributed by atoms with Crippen LogP contribution in [0.2, 0.25) is 0 Å². The molecule has 0 aromatic carbocycles. The normalized spacial score (nSPS) is 24.1. The Labute approximate surface area is 123 Å². The van der Waals surface area contributed by atoms with Crippen molar-refractivity contribution in [3.8, 4) is 0 Å². The molecule has 1 aliphatic heterocycles. The molecule has 0 saturated carbocycles. The van der Waals surface area contributed by atoms with Crippen LogP contribution in [0.1, 0.15) is 47.5 Å². The summed E-state index contributed by atoms with van der Waals surface area (Å²) in [5.74, 6) is 0.0138. The first kappa shape index (κ1) is 17.2. The number of nitrogens with zero attached hydrogens (tertiary/aromatic N) is 1. The highest BCUT2D eigenvalue weighted by Gasteiger charge is 2.44. The fourth-order valence-electron chi connectivity index (χ4n) is 3.17. The molecule has 1 unspecified atom stereocenters. The summed E-state index contributed by atoms with van der Waals surface area (Å²) in [5.41, 5.74) is 0.281. The van der Waals surface area contributed by atoms with E-state index in [1.165, 1.54) is 0 Å². The molecule has 0 aliphatic carbocycles. The zero-order valence-corrected chi connectivity index (χ0v) is 13.7. The van der Waals surface area contributed by atoms with E-state index >= 15 is 0 Å². The minimum absolute atomic E-state index is 0.000777. The fraction of sp³-hybridized carbons (Fsp3) is 0.812. The third kappa shape index (κ3) is 4.06. The van der Waals surface area contributed by atoms with Gasteiger partial charge in [0.2, 0.25) is 0 Å². The van der Waals surface area contributed by atoms with E-state index in [-0.39, 0.29) is 24.0 Å². The molecule has 1 saturated heterocycles. The van der Waals surface area contributed by atoms with Gasteiger partial charge < -0.3 is 9.47 Å². The van der Waals surface area contributed by atoms with E-state index in [1.54, 1.807) is 0 Å². The van der Waals surface area contributed by atoms with Crippen LogP contribution in [0.5, 0.6) is 0 Å². The van der Waals surface area contributed by atoms with Crippen LogP contribution in [0.4, 0.5) is 0 Å². The first-order chi connectivity index (χ1) is 9.10. The van der Waals surface area contributed by atoms with E-state index in [2.05, 4.69) is 53.1 Å². The van der Waals surface area contributed by atoms with Crippen molar-refractivity contribution >= 4 is 5.97 Å². The van der Waals surface area contributed by atoms with Crippen molar-refractivity contribution < 1.29 is 14.3 Å². The first-order valence-electron chi connectivity index (χ1n) is 7.25. The summed E-state index contributed by atoms with van der Waals surface area (Å²) in [6, 6.07) is 0. The molecule has 0 amide bonds. The van der Waals surface area contributed by atoms with Gasteiger partial charge in [0.1, 0.15) is 0 Å². The van der Waals surface area contributed by atoms with Crippen molar-refractivity contribution in [2.45, 2.75) is 64.6 Å². The summed E-state index contributed by atoms with van der Waals surface area (Å²) in [5, 5.41) is 0. The predicted molar refractivity (Wildman–Crippen MR) is 80.3 cm³/mol. The van der Waals surface area contributed by atoms with Crippen molar-refractivity contribution in [1.82, 2.24) is 4.90 Å². The highest BCUT2D eigenvalue weighted by atomic mass is 16.7. The molecule has 20 heavy (non-hydrogen) atoms. The van der Waals surface area contributed by atoms with E-state index in [9.17, 15) is 4.79 Å². The van der Waals surface area contributed by atoms with Gasteiger partial charge in [0.05, 0.1) is 6.10 Å². The second kappa shape index (κ2) is 6.27. The molecule has 1 atom stereocenters. The van der Waals surface area contributed by atoms with Gasteiger partial charge in [0.15, 0.2) is 6.79 Å². The zero-order valence-electron chi connectivity index (χ0n) is 13.7. The van der Waals surface area contributed by atoms with E-state index in [0.29, 0.717) is 5.92 Å². The summed E-state index contributed by atoms with van der Waals surface area (Å²) in [4.78, 5) is 13.4. The Kier molecular flexibility index (Phi) is 5.39. The maximum atomic E-state index is 11.0. The number of ether oxygens (including phenoxy) is 2. The molecule has 1 aliphatic rings. The maximum Gasteiger partial charge on any atom is 0.332 e. The molecule has 0 aromatic heterocycles. The van der Waals surface area contributed by atoms with Crippen LogP contribution >= 0.6 is 0 Å². The van der Waals surface area contributed by atoms with E-state index in [1.807, 2.05) is 0 Å². The summed E-state index contributed by atoms with van der Waals surface area (Å²) in [7, 11) is 2.19. The van der Waals surface area contributed by atoms with E-state index in [4.69, 9.17) is 9.47 Å². The third-order valence-electron chi connectivity index (χ3n) is 4.70. The molecule has 1 fully saturated rings. The maximum absolute atomic E-state index is 11.0. The molecule has 0 bridgehead atoms. The second-order valence-electron chi connectivity index (χ2n) is 7.01. The molecule has 0 aromatic rings. The van der Waals surface area contributed by atoms with Crippen LogP contribution in [0, 0.1) is 5.92 Å². The summed E-state index contributed by atoms with van der Waals surface area (Å²) >= 11 is 0. The quantitative estimate of drug-likeness (QED) is 0.442. The second-order valence-corrected chi connectivity index (χ2v) is 7.01. The Balaban J connectivity index is 2.58. The molecular weight excluding hydrogens is 254 g/mol. The highest BCUT2D eigenvalue weighted by Crippen LogP contribution is 2.41. The zero-order chi connectivity index (χ0) is 15.6. The lowest BCUT2D eigenvalue weighted by molar-refractivity contribution is -0.161. The van der Waals surface area contributed by atoms with Crippen molar-refractivity contribution in [3.63, 3.8) is 0 Å². The van der Waals surface area contributed by atoms with Gasteiger partial charge in [0.25, 0.3) is 0 Å². The lowest BCUT2D eigenvalue weighted by atomic mass is 9.72. The van der Waals surface area contributed by atoms with Crippen LogP contribution in [-0.4, -0.2) is 41.9 Å². The molecule has 0 radical (unpaired) electrons. The first-order valence-corrected chi connectivity index (χ1v) is 7.25. The van der Waals surface area contributed by atoms with Gasteiger partial charge in [-0.05, 0) is 60.4 Å². The monoisotopic (exact) mass is 283 g/mol. The number of carbonyl (C=O) groups excluding carboxylic acids is 1. The molecular formula is C16H29NO3. The number of piperidine rings is 1. The Hall–Kier alpha value is -0.870. The topological polar surface area (TPSA) is 38.8 Å². The molecule has 0 spiro atoms. The van der Waals surface area contributed by atoms with Gasteiger partial charge >= 0.3 is 5.97 Å². The van der Waals surface area contributed by atoms with Gasteiger partial charge in [-0.3, -0.25) is 4.90 Å². The standard InChI is InChI=1S/C16H29NO3/c1-8-14(18)20-11-19-12(2)13-9-15(3,4)17(7)16(5,6)10-13/h8,12-13H,1,9-11H2,2-7H3. The smallest absolute Gasteiger partial charge is 0.332 e. The predicted octanol–water partition coefficient (Wildman–Crippen LogP) is 2.98. The average Bonchev–Trinajstić information content (AvgIpc) is 2.34. The lowest BCUT2D eigenvalue weighted by Crippen LogP contribution is -2.59. The summed E-state index contributed by atoms with van der Waals surface area (Å²) in [6.45, 7) is 14.5. The number of esters is 1. The lowest BCUT2D eigenvalue weighted by Gasteiger charge is -2.54. The van der Waals surface area contributed by atoms with Crippen LogP contribution in [0.3, 0.4) is 0 Å². The van der Waals surface area contributed by atoms with Crippen molar-refractivity contribution in [3.05, 3.63) is 12.7 Å². The molecule has 116 valence electrons. The van der Waals surface area contributed by atoms with Gasteiger partial charge in [0, 0.05) is 17.2 Å². The SMILES string of the molecule is C=CC(=O)OCOC(C)C1CC(C)(C)N(C)C(C)(C)C1. The number of likely N-dealkylation sites (tertiary alicyclic amines) is 1. The summed E-state index contributed by atoms with van der Waals surface area (Å²) < 4.78 is 10.6. The Morgan fingerprint density at radius 2 is 1.85 bits per heavy atom. The molecule has 0 N–H and O–H groups in total. The van der Waals surface area contributed by atoms with E-state index in [0.717, 1.165) is 18.9 Å². The van der Waals surface area contributed by atoms with Gasteiger partial charge in [-0.15, -0.1) is 0 Å². The number of rotatable bonds is 5. The van der Waals surface area contributed by atoms with Crippen molar-refractivity contribution in [2.75, 3.05) is 13.8 Å². The Morgan fingerprint density at radius 3 is 2.30 bits per heavy atom. The van der Waals surface area contributed by atoms with Crippen LogP contribution in [0.25, 0.3) is 0 Å². The van der Waals surface area contributed by atoms with Gasteiger partial charge in [-0.25, -0.2) is 4.79 Å². The Bertz CT molecular complexity index is 345. The molecule has 4 nitrogen and oxygen atoms in total. The highest BCUT2D eigenvalue weighted by molar-refractivity contribution is 5.81. The van der Waals surface area contributed by atoms with Gasteiger partial charge in [-0.2, -0.15) is 0 Å². The minimum atomic E-state index is -0.443.